The molecule has 84 valence electrons. The predicted octanol–water partition coefficient (Wildman–Crippen LogP) is -0.944. The molecule has 1 heterocycles. The molecule has 0 aromatic rings. The average Bonchev–Trinajstić information content (AvgIpc) is 2.65. The Kier molecular flexibility index (Phi) is 3.65. The number of nitrogens with zero attached hydrogens (tertiary/aromatic N) is 1. The molecule has 0 aromatic heterocycles. The van der Waals surface area contributed by atoms with E-state index in [1.54, 1.807) is 6.92 Å². The van der Waals surface area contributed by atoms with E-state index in [0.29, 0.717) is 19.5 Å². The molecule has 1 rings (SSSR count). The minimum absolute atomic E-state index is 0.130. The number of hydrogen-bond donors (Lipinski definition) is 2. The van der Waals surface area contributed by atoms with Crippen LogP contribution in [0.15, 0.2) is 0 Å². The number of carbonyl (C=O) groups excluding carboxylic acids is 2. The van der Waals surface area contributed by atoms with Crippen LogP contribution in [-0.2, 0) is 14.4 Å². The quantitative estimate of drug-likeness (QED) is 0.580. The lowest BCUT2D eigenvalue weighted by Crippen LogP contribution is -2.42. The van der Waals surface area contributed by atoms with Crippen LogP contribution >= 0.6 is 0 Å². The lowest BCUT2D eigenvalue weighted by Gasteiger charge is -2.14. The monoisotopic (exact) mass is 214 g/mol. The van der Waals surface area contributed by atoms with Gasteiger partial charge >= 0.3 is 17.8 Å². The van der Waals surface area contributed by atoms with E-state index in [4.69, 9.17) is 5.11 Å². The molecule has 2 amide bonds. The lowest BCUT2D eigenvalue weighted by atomic mass is 10.1. The molecule has 1 unspecified atom stereocenters. The summed E-state index contributed by atoms with van der Waals surface area (Å²) in [4.78, 5) is 34.5. The largest absolute Gasteiger partial charge is 0.481 e. The SMILES string of the molecule is CCNC(=O)C(=O)N1CCC(C(=O)O)C1. The van der Waals surface area contributed by atoms with E-state index >= 15 is 0 Å². The standard InChI is InChI=1S/C9H14N2O4/c1-2-10-7(12)8(13)11-4-3-6(5-11)9(14)15/h6H,2-5H2,1H3,(H,10,12)(H,14,15). The first kappa shape index (κ1) is 11.5. The Morgan fingerprint density at radius 2 is 2.13 bits per heavy atom. The number of carboxylic acids is 1. The number of likely N-dealkylation sites (tertiary alicyclic amines) is 1. The molecule has 0 bridgehead atoms. The minimum atomic E-state index is -0.916. The molecule has 0 aliphatic carbocycles. The van der Waals surface area contributed by atoms with E-state index in [1.807, 2.05) is 0 Å². The van der Waals surface area contributed by atoms with Crippen molar-refractivity contribution >= 4 is 17.8 Å². The normalized spacial score (nSPS) is 20.1. The molecule has 15 heavy (non-hydrogen) atoms. The van der Waals surface area contributed by atoms with Gasteiger partial charge < -0.3 is 15.3 Å². The molecular formula is C9H14N2O4. The van der Waals surface area contributed by atoms with Crippen molar-refractivity contribution in [2.45, 2.75) is 13.3 Å². The summed E-state index contributed by atoms with van der Waals surface area (Å²) < 4.78 is 0. The molecule has 0 saturated carbocycles. The highest BCUT2D eigenvalue weighted by Gasteiger charge is 2.33. The van der Waals surface area contributed by atoms with Crippen molar-refractivity contribution in [3.63, 3.8) is 0 Å². The molecule has 2 N–H and O–H groups in total. The maximum absolute atomic E-state index is 11.4. The topological polar surface area (TPSA) is 86.7 Å². The second kappa shape index (κ2) is 4.77. The molecule has 1 fully saturated rings. The summed E-state index contributed by atoms with van der Waals surface area (Å²) in [5.41, 5.74) is 0. The first-order valence-corrected chi connectivity index (χ1v) is 4.86. The first-order valence-electron chi connectivity index (χ1n) is 4.86. The fraction of sp³-hybridized carbons (Fsp3) is 0.667. The summed E-state index contributed by atoms with van der Waals surface area (Å²) >= 11 is 0. The molecular weight excluding hydrogens is 200 g/mol. The van der Waals surface area contributed by atoms with Crippen LogP contribution in [0, 0.1) is 5.92 Å². The molecule has 1 aliphatic heterocycles. The Morgan fingerprint density at radius 3 is 2.60 bits per heavy atom. The van der Waals surface area contributed by atoms with Crippen molar-refractivity contribution in [2.75, 3.05) is 19.6 Å². The van der Waals surface area contributed by atoms with Crippen LogP contribution in [-0.4, -0.2) is 47.4 Å². The Labute approximate surface area is 87.2 Å². The van der Waals surface area contributed by atoms with E-state index in [1.165, 1.54) is 4.90 Å². The Balaban J connectivity index is 2.50. The van der Waals surface area contributed by atoms with Gasteiger partial charge in [-0.15, -0.1) is 0 Å². The van der Waals surface area contributed by atoms with Crippen LogP contribution in [0.2, 0.25) is 0 Å². The highest BCUT2D eigenvalue weighted by atomic mass is 16.4. The van der Waals surface area contributed by atoms with Crippen molar-refractivity contribution < 1.29 is 19.5 Å². The van der Waals surface area contributed by atoms with Gasteiger partial charge in [0.15, 0.2) is 0 Å². The highest BCUT2D eigenvalue weighted by Crippen LogP contribution is 2.16. The van der Waals surface area contributed by atoms with Crippen LogP contribution in [0.25, 0.3) is 0 Å². The summed E-state index contributed by atoms with van der Waals surface area (Å²) in [6.45, 7) is 2.58. The molecule has 6 nitrogen and oxygen atoms in total. The van der Waals surface area contributed by atoms with Gasteiger partial charge in [-0.25, -0.2) is 0 Å². The third-order valence-corrected chi connectivity index (χ3v) is 2.36. The summed E-state index contributed by atoms with van der Waals surface area (Å²) in [6.07, 6.45) is 0.417. The number of carbonyl (C=O) groups is 3. The van der Waals surface area contributed by atoms with Crippen LogP contribution in [0.4, 0.5) is 0 Å². The lowest BCUT2D eigenvalue weighted by molar-refractivity contribution is -0.146. The molecule has 0 aromatic carbocycles. The minimum Gasteiger partial charge on any atom is -0.481 e. The van der Waals surface area contributed by atoms with Gasteiger partial charge in [0.05, 0.1) is 5.92 Å². The summed E-state index contributed by atoms with van der Waals surface area (Å²) in [7, 11) is 0. The Hall–Kier alpha value is -1.59. The number of rotatable bonds is 2. The zero-order valence-electron chi connectivity index (χ0n) is 8.52. The van der Waals surface area contributed by atoms with Gasteiger partial charge in [-0.3, -0.25) is 14.4 Å². The van der Waals surface area contributed by atoms with Crippen molar-refractivity contribution in [3.05, 3.63) is 0 Å². The van der Waals surface area contributed by atoms with Gasteiger partial charge in [-0.1, -0.05) is 0 Å². The van der Waals surface area contributed by atoms with Gasteiger partial charge in [0.1, 0.15) is 0 Å². The average molecular weight is 214 g/mol. The van der Waals surface area contributed by atoms with Crippen LogP contribution in [0.1, 0.15) is 13.3 Å². The van der Waals surface area contributed by atoms with Gasteiger partial charge in [0.2, 0.25) is 0 Å². The third-order valence-electron chi connectivity index (χ3n) is 2.36. The van der Waals surface area contributed by atoms with Crippen LogP contribution in [0.5, 0.6) is 0 Å². The molecule has 0 spiro atoms. The van der Waals surface area contributed by atoms with Crippen molar-refractivity contribution in [2.24, 2.45) is 5.92 Å². The van der Waals surface area contributed by atoms with Crippen molar-refractivity contribution in [3.8, 4) is 0 Å². The summed E-state index contributed by atoms with van der Waals surface area (Å²) in [6, 6.07) is 0. The number of hydrogen-bond acceptors (Lipinski definition) is 3. The molecule has 6 heteroatoms. The second-order valence-corrected chi connectivity index (χ2v) is 3.43. The number of carboxylic acid groups (broad SMARTS) is 1. The zero-order valence-corrected chi connectivity index (χ0v) is 8.52. The van der Waals surface area contributed by atoms with Gasteiger partial charge in [0, 0.05) is 19.6 Å². The summed E-state index contributed by atoms with van der Waals surface area (Å²) in [5.74, 6) is -2.76. The van der Waals surface area contributed by atoms with Crippen molar-refractivity contribution in [1.29, 1.82) is 0 Å². The maximum atomic E-state index is 11.4. The fourth-order valence-corrected chi connectivity index (χ4v) is 1.53. The number of amides is 2. The number of likely N-dealkylation sites (N-methyl/N-ethyl adjacent to an activating group) is 1. The number of nitrogens with one attached hydrogen (secondary N) is 1. The molecule has 1 saturated heterocycles. The van der Waals surface area contributed by atoms with Gasteiger partial charge in [-0.05, 0) is 13.3 Å². The maximum Gasteiger partial charge on any atom is 0.311 e. The van der Waals surface area contributed by atoms with E-state index < -0.39 is 23.7 Å². The molecule has 0 radical (unpaired) electrons. The fourth-order valence-electron chi connectivity index (χ4n) is 1.53. The Morgan fingerprint density at radius 1 is 1.47 bits per heavy atom. The highest BCUT2D eigenvalue weighted by molar-refractivity contribution is 6.35. The molecule has 1 aliphatic rings. The number of aliphatic carboxylic acids is 1. The summed E-state index contributed by atoms with van der Waals surface area (Å²) in [5, 5.41) is 11.1. The second-order valence-electron chi connectivity index (χ2n) is 3.43. The third kappa shape index (κ3) is 2.68. The van der Waals surface area contributed by atoms with E-state index in [2.05, 4.69) is 5.32 Å². The first-order chi connectivity index (χ1) is 7.06. The van der Waals surface area contributed by atoms with E-state index in [-0.39, 0.29) is 6.54 Å². The van der Waals surface area contributed by atoms with E-state index in [9.17, 15) is 14.4 Å². The zero-order chi connectivity index (χ0) is 11.4. The predicted molar refractivity (Wildman–Crippen MR) is 51.0 cm³/mol. The van der Waals surface area contributed by atoms with Gasteiger partial charge in [-0.2, -0.15) is 0 Å². The smallest absolute Gasteiger partial charge is 0.311 e. The van der Waals surface area contributed by atoms with Crippen LogP contribution in [0.3, 0.4) is 0 Å². The van der Waals surface area contributed by atoms with Crippen LogP contribution < -0.4 is 5.32 Å². The molecule has 1 atom stereocenters. The van der Waals surface area contributed by atoms with Crippen molar-refractivity contribution in [1.82, 2.24) is 10.2 Å². The van der Waals surface area contributed by atoms with E-state index in [0.717, 1.165) is 0 Å². The van der Waals surface area contributed by atoms with Gasteiger partial charge in [0.25, 0.3) is 0 Å². The Bertz CT molecular complexity index is 290.